The van der Waals surface area contributed by atoms with Crippen LogP contribution in [0.3, 0.4) is 0 Å². The van der Waals surface area contributed by atoms with Crippen LogP contribution in [0.4, 0.5) is 4.39 Å². The highest BCUT2D eigenvalue weighted by atomic mass is 79.9. The molecule has 0 aromatic heterocycles. The summed E-state index contributed by atoms with van der Waals surface area (Å²) in [6.07, 6.45) is 0.450. The summed E-state index contributed by atoms with van der Waals surface area (Å²) in [4.78, 5) is 0. The van der Waals surface area contributed by atoms with E-state index in [0.29, 0.717) is 4.47 Å². The van der Waals surface area contributed by atoms with Crippen molar-refractivity contribution in [3.8, 4) is 0 Å². The molecule has 1 aliphatic heterocycles. The van der Waals surface area contributed by atoms with E-state index >= 15 is 0 Å². The van der Waals surface area contributed by atoms with Crippen LogP contribution < -0.4 is 0 Å². The van der Waals surface area contributed by atoms with E-state index in [2.05, 4.69) is 28.1 Å². The van der Waals surface area contributed by atoms with Crippen molar-refractivity contribution in [2.24, 2.45) is 0 Å². The molecule has 1 atom stereocenters. The van der Waals surface area contributed by atoms with Gasteiger partial charge in [-0.25, -0.2) is 4.39 Å². The van der Waals surface area contributed by atoms with Gasteiger partial charge < -0.3 is 5.11 Å². The van der Waals surface area contributed by atoms with Gasteiger partial charge in [0.1, 0.15) is 16.0 Å². The number of thioether (sulfide) groups is 2. The van der Waals surface area contributed by atoms with Gasteiger partial charge in [-0.3, -0.25) is 0 Å². The Morgan fingerprint density at radius 3 is 2.41 bits per heavy atom. The monoisotopic (exact) mass is 398 g/mol. The van der Waals surface area contributed by atoms with Crippen molar-refractivity contribution in [3.63, 3.8) is 0 Å². The van der Waals surface area contributed by atoms with Crippen LogP contribution in [0.1, 0.15) is 23.7 Å². The standard InChI is InChI=1S/C17H16BrFOS2/c18-14-11-12(7-8-15(14)19)16(20)17(21-9-4-10-22-17)13-5-2-1-3-6-13/h1-3,5-8,11,16,20H,4,9-10H2/t16-/m0/s1. The Kier molecular flexibility index (Phi) is 5.17. The van der Waals surface area contributed by atoms with Crippen LogP contribution in [0.2, 0.25) is 0 Å². The molecular weight excluding hydrogens is 383 g/mol. The Labute approximate surface area is 146 Å². The molecule has 2 aromatic rings. The molecule has 0 radical (unpaired) electrons. The van der Waals surface area contributed by atoms with Crippen molar-refractivity contribution < 1.29 is 9.50 Å². The lowest BCUT2D eigenvalue weighted by Gasteiger charge is -2.40. The lowest BCUT2D eigenvalue weighted by molar-refractivity contribution is 0.163. The van der Waals surface area contributed by atoms with Crippen molar-refractivity contribution in [1.82, 2.24) is 0 Å². The van der Waals surface area contributed by atoms with Crippen LogP contribution in [0, 0.1) is 5.82 Å². The molecule has 0 spiro atoms. The molecule has 0 aliphatic carbocycles. The number of rotatable bonds is 3. The zero-order valence-electron chi connectivity index (χ0n) is 11.8. The van der Waals surface area contributed by atoms with Crippen molar-refractivity contribution in [3.05, 3.63) is 69.9 Å². The first kappa shape index (κ1) is 16.4. The highest BCUT2D eigenvalue weighted by Gasteiger charge is 2.43. The van der Waals surface area contributed by atoms with Crippen LogP contribution in [-0.2, 0) is 4.08 Å². The van der Waals surface area contributed by atoms with Crippen LogP contribution in [0.25, 0.3) is 0 Å². The number of aliphatic hydroxyl groups excluding tert-OH is 1. The lowest BCUT2D eigenvalue weighted by Crippen LogP contribution is -2.30. The second-order valence-electron chi connectivity index (χ2n) is 5.16. The van der Waals surface area contributed by atoms with Gasteiger partial charge in [0.05, 0.1) is 4.47 Å². The van der Waals surface area contributed by atoms with Gasteiger partial charge in [0.15, 0.2) is 0 Å². The summed E-state index contributed by atoms with van der Waals surface area (Å²) in [5.74, 6) is 1.72. The molecule has 5 heteroatoms. The van der Waals surface area contributed by atoms with Gasteiger partial charge >= 0.3 is 0 Å². The van der Waals surface area contributed by atoms with Gasteiger partial charge in [-0.05, 0) is 57.1 Å². The number of hydrogen-bond donors (Lipinski definition) is 1. The Hall–Kier alpha value is -0.490. The number of aliphatic hydroxyl groups is 1. The predicted molar refractivity (Wildman–Crippen MR) is 96.7 cm³/mol. The van der Waals surface area contributed by atoms with E-state index in [1.165, 1.54) is 6.07 Å². The highest BCUT2D eigenvalue weighted by molar-refractivity contribution is 9.10. The maximum atomic E-state index is 13.5. The molecule has 0 bridgehead atoms. The van der Waals surface area contributed by atoms with Crippen LogP contribution in [0.15, 0.2) is 53.0 Å². The minimum atomic E-state index is -0.693. The van der Waals surface area contributed by atoms with E-state index in [-0.39, 0.29) is 5.82 Å². The molecule has 1 aliphatic rings. The predicted octanol–water partition coefficient (Wildman–Crippen LogP) is 5.34. The van der Waals surface area contributed by atoms with Gasteiger partial charge in [-0.1, -0.05) is 36.4 Å². The van der Waals surface area contributed by atoms with Gasteiger partial charge in [0, 0.05) is 0 Å². The summed E-state index contributed by atoms with van der Waals surface area (Å²) in [7, 11) is 0. The summed E-state index contributed by atoms with van der Waals surface area (Å²) in [6.45, 7) is 0. The highest BCUT2D eigenvalue weighted by Crippen LogP contribution is 2.57. The summed E-state index contributed by atoms with van der Waals surface area (Å²) >= 11 is 6.77. The fourth-order valence-electron chi connectivity index (χ4n) is 2.60. The van der Waals surface area contributed by atoms with Crippen molar-refractivity contribution in [1.29, 1.82) is 0 Å². The number of hydrogen-bond acceptors (Lipinski definition) is 3. The van der Waals surface area contributed by atoms with E-state index in [0.717, 1.165) is 29.1 Å². The molecule has 1 nitrogen and oxygen atoms in total. The van der Waals surface area contributed by atoms with Crippen LogP contribution >= 0.6 is 39.5 Å². The Balaban J connectivity index is 2.03. The van der Waals surface area contributed by atoms with Crippen LogP contribution in [-0.4, -0.2) is 16.6 Å². The number of benzene rings is 2. The van der Waals surface area contributed by atoms with E-state index < -0.39 is 10.2 Å². The van der Waals surface area contributed by atoms with Crippen LogP contribution in [0.5, 0.6) is 0 Å². The van der Waals surface area contributed by atoms with Crippen molar-refractivity contribution in [2.45, 2.75) is 16.6 Å². The van der Waals surface area contributed by atoms with E-state index in [1.54, 1.807) is 35.7 Å². The van der Waals surface area contributed by atoms with E-state index in [4.69, 9.17) is 0 Å². The molecule has 0 amide bonds. The van der Waals surface area contributed by atoms with Crippen molar-refractivity contribution in [2.75, 3.05) is 11.5 Å². The van der Waals surface area contributed by atoms with E-state index in [9.17, 15) is 9.50 Å². The first-order chi connectivity index (χ1) is 10.6. The number of halogens is 2. The summed E-state index contributed by atoms with van der Waals surface area (Å²) in [5.41, 5.74) is 1.84. The third-order valence-electron chi connectivity index (χ3n) is 3.72. The largest absolute Gasteiger partial charge is 0.386 e. The second kappa shape index (κ2) is 6.95. The zero-order valence-corrected chi connectivity index (χ0v) is 15.1. The smallest absolute Gasteiger partial charge is 0.137 e. The molecule has 2 aromatic carbocycles. The molecule has 0 saturated carbocycles. The average molecular weight is 399 g/mol. The minimum Gasteiger partial charge on any atom is -0.386 e. The fourth-order valence-corrected chi connectivity index (χ4v) is 6.39. The van der Waals surface area contributed by atoms with Gasteiger partial charge in [-0.15, -0.1) is 23.5 Å². The average Bonchev–Trinajstić information content (AvgIpc) is 2.58. The van der Waals surface area contributed by atoms with E-state index in [1.807, 2.05) is 18.2 Å². The van der Waals surface area contributed by atoms with Gasteiger partial charge in [-0.2, -0.15) is 0 Å². The molecule has 116 valence electrons. The molecule has 3 rings (SSSR count). The topological polar surface area (TPSA) is 20.2 Å². The third-order valence-corrected chi connectivity index (χ3v) is 7.79. The maximum absolute atomic E-state index is 13.5. The summed E-state index contributed by atoms with van der Waals surface area (Å²) < 4.78 is 13.4. The first-order valence-corrected chi connectivity index (χ1v) is 9.86. The second-order valence-corrected chi connectivity index (χ2v) is 8.95. The quantitative estimate of drug-likeness (QED) is 0.752. The molecule has 1 saturated heterocycles. The van der Waals surface area contributed by atoms with Crippen molar-refractivity contribution >= 4 is 39.5 Å². The third kappa shape index (κ3) is 3.09. The Bertz CT molecular complexity index is 644. The minimum absolute atomic E-state index is 0.311. The normalized spacial score (nSPS) is 18.9. The van der Waals surface area contributed by atoms with Gasteiger partial charge in [0.2, 0.25) is 0 Å². The molecule has 1 N–H and O–H groups in total. The maximum Gasteiger partial charge on any atom is 0.137 e. The molecule has 1 fully saturated rings. The summed E-state index contributed by atoms with van der Waals surface area (Å²) in [6, 6.07) is 14.9. The molecule has 1 heterocycles. The molecular formula is C17H16BrFOS2. The summed E-state index contributed by atoms with van der Waals surface area (Å²) in [5, 5.41) is 11.1. The molecule has 0 unspecified atom stereocenters. The lowest BCUT2D eigenvalue weighted by atomic mass is 10.00. The first-order valence-electron chi connectivity index (χ1n) is 7.10. The Morgan fingerprint density at radius 2 is 1.77 bits per heavy atom. The SMILES string of the molecule is O[C@@H](c1ccc(F)c(Br)c1)C1(c2ccccc2)SCCCS1. The molecule has 22 heavy (non-hydrogen) atoms. The zero-order chi connectivity index (χ0) is 15.6. The fraction of sp³-hybridized carbons (Fsp3) is 0.294. The Morgan fingerprint density at radius 1 is 1.09 bits per heavy atom. The van der Waals surface area contributed by atoms with Gasteiger partial charge in [0.25, 0.3) is 0 Å².